The van der Waals surface area contributed by atoms with E-state index in [1.54, 1.807) is 41.8 Å². The van der Waals surface area contributed by atoms with Crippen LogP contribution in [0.25, 0.3) is 16.7 Å². The Kier molecular flexibility index (Phi) is 4.30. The summed E-state index contributed by atoms with van der Waals surface area (Å²) < 4.78 is 1.80. The Hall–Kier alpha value is -3.69. The van der Waals surface area contributed by atoms with E-state index in [1.807, 2.05) is 36.4 Å². The van der Waals surface area contributed by atoms with E-state index in [-0.39, 0.29) is 12.3 Å². The molecule has 1 heterocycles. The fourth-order valence-electron chi connectivity index (χ4n) is 3.20. The second-order valence-electron chi connectivity index (χ2n) is 6.90. The van der Waals surface area contributed by atoms with E-state index in [0.29, 0.717) is 22.6 Å². The van der Waals surface area contributed by atoms with Gasteiger partial charge in [-0.25, -0.2) is 4.98 Å². The average molecular weight is 370 g/mol. The van der Waals surface area contributed by atoms with Gasteiger partial charge in [-0.15, -0.1) is 0 Å². The number of anilines is 1. The second-order valence-corrected chi connectivity index (χ2v) is 6.90. The van der Waals surface area contributed by atoms with Gasteiger partial charge in [-0.3, -0.25) is 14.7 Å². The molecule has 2 aromatic carbocycles. The van der Waals surface area contributed by atoms with Gasteiger partial charge in [-0.05, 0) is 42.8 Å². The zero-order chi connectivity index (χ0) is 19.7. The zero-order valence-electron chi connectivity index (χ0n) is 15.3. The van der Waals surface area contributed by atoms with Gasteiger partial charge in [0.05, 0.1) is 34.7 Å². The summed E-state index contributed by atoms with van der Waals surface area (Å²) in [5, 5.41) is 22.7. The summed E-state index contributed by atoms with van der Waals surface area (Å²) in [6.07, 6.45) is 5.57. The predicted octanol–water partition coefficient (Wildman–Crippen LogP) is 3.55. The third kappa shape index (κ3) is 3.20. The van der Waals surface area contributed by atoms with E-state index >= 15 is 0 Å². The van der Waals surface area contributed by atoms with Crippen LogP contribution in [0, 0.1) is 11.3 Å². The summed E-state index contributed by atoms with van der Waals surface area (Å²) in [7, 11) is 0. The highest BCUT2D eigenvalue weighted by atomic mass is 16.3. The SMILES string of the molecule is CC(O)(CC(=O)Nc1nc2ccc(C#N)cc2n1C1=CC=C1)c1ccccc1. The van der Waals surface area contributed by atoms with Crippen LogP contribution in [0.4, 0.5) is 5.95 Å². The van der Waals surface area contributed by atoms with Crippen molar-refractivity contribution in [1.82, 2.24) is 9.55 Å². The standard InChI is InChI=1S/C22H18N4O2/c1-22(28,16-6-3-2-4-7-16)13-20(27)25-21-24-18-11-10-15(14-23)12-19(18)26(21)17-8-5-9-17/h2-12,28H,13H2,1H3,(H,24,25,27). The highest BCUT2D eigenvalue weighted by molar-refractivity contribution is 5.95. The molecule has 1 aromatic heterocycles. The van der Waals surface area contributed by atoms with E-state index in [0.717, 1.165) is 11.2 Å². The van der Waals surface area contributed by atoms with Crippen LogP contribution in [0.2, 0.25) is 0 Å². The number of carbonyl (C=O) groups excluding carboxylic acids is 1. The number of aromatic nitrogens is 2. The first-order valence-corrected chi connectivity index (χ1v) is 8.87. The number of fused-ring (bicyclic) bond motifs is 1. The van der Waals surface area contributed by atoms with E-state index in [1.165, 1.54) is 0 Å². The number of rotatable bonds is 5. The fourth-order valence-corrected chi connectivity index (χ4v) is 3.20. The summed E-state index contributed by atoms with van der Waals surface area (Å²) >= 11 is 0. The van der Waals surface area contributed by atoms with Gasteiger partial charge in [0.2, 0.25) is 11.9 Å². The number of nitrogens with zero attached hydrogens (tertiary/aromatic N) is 3. The minimum atomic E-state index is -1.30. The Bertz CT molecular complexity index is 1160. The third-order valence-corrected chi connectivity index (χ3v) is 4.73. The van der Waals surface area contributed by atoms with Gasteiger partial charge < -0.3 is 5.11 Å². The minimum absolute atomic E-state index is 0.113. The first kappa shape index (κ1) is 17.7. The Morgan fingerprint density at radius 1 is 1.29 bits per heavy atom. The van der Waals surface area contributed by atoms with Gasteiger partial charge in [0.15, 0.2) is 0 Å². The average Bonchev–Trinajstić information content (AvgIpc) is 2.97. The molecule has 0 fully saturated rings. The van der Waals surface area contributed by atoms with Crippen LogP contribution in [0.1, 0.15) is 24.5 Å². The van der Waals surface area contributed by atoms with Crippen molar-refractivity contribution in [1.29, 1.82) is 5.26 Å². The van der Waals surface area contributed by atoms with Gasteiger partial charge in [0, 0.05) is 5.70 Å². The van der Waals surface area contributed by atoms with Crippen molar-refractivity contribution in [3.8, 4) is 6.07 Å². The van der Waals surface area contributed by atoms with Crippen LogP contribution in [-0.2, 0) is 10.4 Å². The quantitative estimate of drug-likeness (QED) is 0.718. The number of benzene rings is 2. The van der Waals surface area contributed by atoms with E-state index < -0.39 is 5.60 Å². The van der Waals surface area contributed by atoms with Crippen LogP contribution < -0.4 is 5.32 Å². The van der Waals surface area contributed by atoms with E-state index in [2.05, 4.69) is 16.4 Å². The van der Waals surface area contributed by atoms with Crippen LogP contribution >= 0.6 is 0 Å². The zero-order valence-corrected chi connectivity index (χ0v) is 15.3. The summed E-state index contributed by atoms with van der Waals surface area (Å²) in [6.45, 7) is 1.61. The smallest absolute Gasteiger partial charge is 0.229 e. The van der Waals surface area contributed by atoms with Crippen molar-refractivity contribution in [2.75, 3.05) is 5.32 Å². The lowest BCUT2D eigenvalue weighted by molar-refractivity contribution is -0.120. The summed E-state index contributed by atoms with van der Waals surface area (Å²) in [4.78, 5) is 17.2. The van der Waals surface area contributed by atoms with Crippen molar-refractivity contribution in [2.24, 2.45) is 0 Å². The van der Waals surface area contributed by atoms with Crippen LogP contribution in [-0.4, -0.2) is 20.6 Å². The Morgan fingerprint density at radius 3 is 2.68 bits per heavy atom. The molecule has 0 bridgehead atoms. The number of carbonyl (C=O) groups is 1. The molecular weight excluding hydrogens is 352 g/mol. The topological polar surface area (TPSA) is 90.9 Å². The maximum Gasteiger partial charge on any atom is 0.229 e. The molecule has 6 nitrogen and oxygen atoms in total. The second kappa shape index (κ2) is 6.80. The lowest BCUT2D eigenvalue weighted by atomic mass is 9.92. The monoisotopic (exact) mass is 370 g/mol. The molecule has 1 atom stereocenters. The van der Waals surface area contributed by atoms with E-state index in [4.69, 9.17) is 0 Å². The fraction of sp³-hybridized carbons (Fsp3) is 0.136. The number of imidazole rings is 1. The maximum atomic E-state index is 12.7. The largest absolute Gasteiger partial charge is 0.385 e. The summed E-state index contributed by atoms with van der Waals surface area (Å²) in [5.74, 6) is 0.00405. The highest BCUT2D eigenvalue weighted by Gasteiger charge is 2.27. The molecule has 0 saturated heterocycles. The Morgan fingerprint density at radius 2 is 2.04 bits per heavy atom. The third-order valence-electron chi connectivity index (χ3n) is 4.73. The summed E-state index contributed by atoms with van der Waals surface area (Å²) in [5.41, 5.74) is 2.16. The Balaban J connectivity index is 1.64. The molecule has 138 valence electrons. The molecule has 2 N–H and O–H groups in total. The lowest BCUT2D eigenvalue weighted by Gasteiger charge is -2.23. The molecule has 28 heavy (non-hydrogen) atoms. The molecule has 4 rings (SSSR count). The molecule has 1 aliphatic rings. The first-order chi connectivity index (χ1) is 13.5. The molecule has 0 spiro atoms. The number of nitrogens with one attached hydrogen (secondary N) is 1. The number of aliphatic hydroxyl groups is 1. The van der Waals surface area contributed by atoms with Crippen LogP contribution in [0.3, 0.4) is 0 Å². The number of nitriles is 1. The van der Waals surface area contributed by atoms with Crippen molar-refractivity contribution >= 4 is 28.6 Å². The number of allylic oxidation sites excluding steroid dienone is 4. The summed E-state index contributed by atoms with van der Waals surface area (Å²) in [6, 6.07) is 16.4. The van der Waals surface area contributed by atoms with Crippen molar-refractivity contribution in [3.63, 3.8) is 0 Å². The lowest BCUT2D eigenvalue weighted by Crippen LogP contribution is -2.29. The Labute approximate surface area is 162 Å². The molecule has 0 saturated carbocycles. The molecule has 0 radical (unpaired) electrons. The molecule has 3 aromatic rings. The van der Waals surface area contributed by atoms with Gasteiger partial charge in [0.1, 0.15) is 0 Å². The van der Waals surface area contributed by atoms with Gasteiger partial charge in [-0.1, -0.05) is 36.4 Å². The van der Waals surface area contributed by atoms with Gasteiger partial charge in [-0.2, -0.15) is 5.26 Å². The highest BCUT2D eigenvalue weighted by Crippen LogP contribution is 2.30. The molecule has 1 unspecified atom stereocenters. The molecule has 0 aliphatic heterocycles. The normalized spacial score (nSPS) is 14.7. The van der Waals surface area contributed by atoms with Crippen LogP contribution in [0.15, 0.2) is 66.8 Å². The first-order valence-electron chi connectivity index (χ1n) is 8.87. The van der Waals surface area contributed by atoms with Crippen molar-refractivity contribution in [3.05, 3.63) is 77.9 Å². The van der Waals surface area contributed by atoms with Gasteiger partial charge >= 0.3 is 0 Å². The molecule has 6 heteroatoms. The van der Waals surface area contributed by atoms with E-state index in [9.17, 15) is 15.2 Å². The number of amides is 1. The van der Waals surface area contributed by atoms with Crippen molar-refractivity contribution < 1.29 is 9.90 Å². The van der Waals surface area contributed by atoms with Gasteiger partial charge in [0.25, 0.3) is 0 Å². The molecule has 1 aliphatic carbocycles. The minimum Gasteiger partial charge on any atom is -0.385 e. The number of hydrogen-bond donors (Lipinski definition) is 2. The number of hydrogen-bond acceptors (Lipinski definition) is 4. The molecule has 1 amide bonds. The predicted molar refractivity (Wildman–Crippen MR) is 107 cm³/mol. The maximum absolute atomic E-state index is 12.7. The van der Waals surface area contributed by atoms with Crippen molar-refractivity contribution in [2.45, 2.75) is 18.9 Å². The molecular formula is C22H18N4O2. The van der Waals surface area contributed by atoms with Crippen LogP contribution in [0.5, 0.6) is 0 Å².